The summed E-state index contributed by atoms with van der Waals surface area (Å²) in [5.74, 6) is -0.114. The van der Waals surface area contributed by atoms with E-state index in [4.69, 9.17) is 21.6 Å². The van der Waals surface area contributed by atoms with E-state index >= 15 is 0 Å². The maximum atomic E-state index is 13.6. The highest BCUT2D eigenvalue weighted by molar-refractivity contribution is 6.17. The van der Waals surface area contributed by atoms with Crippen LogP contribution in [0, 0.1) is 17.1 Å². The summed E-state index contributed by atoms with van der Waals surface area (Å²) in [7, 11) is 0. The zero-order valence-electron chi connectivity index (χ0n) is 9.23. The van der Waals surface area contributed by atoms with Gasteiger partial charge in [-0.1, -0.05) is 6.07 Å². The predicted octanol–water partition coefficient (Wildman–Crippen LogP) is 3.62. The summed E-state index contributed by atoms with van der Waals surface area (Å²) >= 11 is 5.73. The van der Waals surface area contributed by atoms with Crippen molar-refractivity contribution in [3.05, 3.63) is 53.5 Å². The molecule has 1 heterocycles. The Morgan fingerprint density at radius 2 is 2.22 bits per heavy atom. The van der Waals surface area contributed by atoms with Gasteiger partial charge in [-0.25, -0.2) is 9.37 Å². The van der Waals surface area contributed by atoms with Crippen molar-refractivity contribution in [2.75, 3.05) is 0 Å². The quantitative estimate of drug-likeness (QED) is 0.794. The summed E-state index contributed by atoms with van der Waals surface area (Å²) in [6.07, 6.45) is 1.53. The molecule has 90 valence electrons. The fraction of sp³-hybridized carbons (Fsp3) is 0.0769. The van der Waals surface area contributed by atoms with E-state index in [-0.39, 0.29) is 23.1 Å². The zero-order chi connectivity index (χ0) is 13.0. The van der Waals surface area contributed by atoms with E-state index < -0.39 is 5.82 Å². The summed E-state index contributed by atoms with van der Waals surface area (Å²) in [4.78, 5) is 3.99. The van der Waals surface area contributed by atoms with Crippen LogP contribution >= 0.6 is 11.6 Å². The Kier molecular flexibility index (Phi) is 3.75. The van der Waals surface area contributed by atoms with Gasteiger partial charge >= 0.3 is 0 Å². The number of aromatic nitrogens is 1. The molecule has 0 N–H and O–H groups in total. The SMILES string of the molecule is N#Cc1ccc(Oc2ncccc2CCl)c(F)c1. The lowest BCUT2D eigenvalue weighted by Gasteiger charge is -2.08. The molecule has 1 aromatic heterocycles. The zero-order valence-corrected chi connectivity index (χ0v) is 9.99. The number of ether oxygens (including phenoxy) is 1. The molecule has 0 aliphatic heterocycles. The van der Waals surface area contributed by atoms with Crippen molar-refractivity contribution in [1.29, 1.82) is 5.26 Å². The highest BCUT2D eigenvalue weighted by atomic mass is 35.5. The monoisotopic (exact) mass is 262 g/mol. The Morgan fingerprint density at radius 1 is 1.39 bits per heavy atom. The van der Waals surface area contributed by atoms with Gasteiger partial charge in [0.25, 0.3) is 0 Å². The molecular weight excluding hydrogens is 255 g/mol. The molecule has 18 heavy (non-hydrogen) atoms. The van der Waals surface area contributed by atoms with Crippen LogP contribution in [0.15, 0.2) is 36.5 Å². The van der Waals surface area contributed by atoms with Crippen molar-refractivity contribution in [2.24, 2.45) is 0 Å². The average Bonchev–Trinajstić information content (AvgIpc) is 2.41. The Labute approximate surface area is 108 Å². The van der Waals surface area contributed by atoms with Crippen molar-refractivity contribution in [3.8, 4) is 17.7 Å². The number of hydrogen-bond acceptors (Lipinski definition) is 3. The van der Waals surface area contributed by atoms with Gasteiger partial charge in [-0.05, 0) is 24.3 Å². The third-order valence-electron chi connectivity index (χ3n) is 2.26. The molecule has 5 heteroatoms. The molecule has 3 nitrogen and oxygen atoms in total. The number of halogens is 2. The maximum absolute atomic E-state index is 13.6. The lowest BCUT2D eigenvalue weighted by atomic mass is 10.2. The number of hydrogen-bond donors (Lipinski definition) is 0. The standard InChI is InChI=1S/C13H8ClFN2O/c14-7-10-2-1-5-17-13(10)18-12-4-3-9(8-16)6-11(12)15/h1-6H,7H2. The number of nitriles is 1. The number of nitrogens with zero attached hydrogens (tertiary/aromatic N) is 2. The van der Waals surface area contributed by atoms with Crippen molar-refractivity contribution < 1.29 is 9.13 Å². The molecule has 0 spiro atoms. The van der Waals surface area contributed by atoms with Gasteiger partial charge in [0, 0.05) is 11.8 Å². The molecule has 2 rings (SSSR count). The van der Waals surface area contributed by atoms with Crippen LogP contribution in [-0.4, -0.2) is 4.98 Å². The van der Waals surface area contributed by atoms with Crippen LogP contribution < -0.4 is 4.74 Å². The molecule has 0 saturated heterocycles. The summed E-state index contributed by atoms with van der Waals surface area (Å²) in [6, 6.07) is 9.29. The Bertz CT molecular complexity index is 610. The van der Waals surface area contributed by atoms with E-state index in [1.165, 1.54) is 18.3 Å². The van der Waals surface area contributed by atoms with Crippen molar-refractivity contribution in [3.63, 3.8) is 0 Å². The first kappa shape index (κ1) is 12.3. The van der Waals surface area contributed by atoms with Crippen LogP contribution in [0.4, 0.5) is 4.39 Å². The van der Waals surface area contributed by atoms with Gasteiger partial charge in [0.15, 0.2) is 11.6 Å². The number of benzene rings is 1. The number of rotatable bonds is 3. The van der Waals surface area contributed by atoms with Crippen LogP contribution in [0.3, 0.4) is 0 Å². The molecule has 0 fully saturated rings. The topological polar surface area (TPSA) is 45.9 Å². The molecule has 0 atom stereocenters. The van der Waals surface area contributed by atoms with Crippen LogP contribution in [0.5, 0.6) is 11.6 Å². The highest BCUT2D eigenvalue weighted by Gasteiger charge is 2.09. The van der Waals surface area contributed by atoms with Gasteiger partial charge in [-0.3, -0.25) is 0 Å². The Balaban J connectivity index is 2.32. The first-order chi connectivity index (χ1) is 8.74. The number of pyridine rings is 1. The maximum Gasteiger partial charge on any atom is 0.223 e. The second-order valence-electron chi connectivity index (χ2n) is 3.46. The summed E-state index contributed by atoms with van der Waals surface area (Å²) in [5, 5.41) is 8.64. The summed E-state index contributed by atoms with van der Waals surface area (Å²) < 4.78 is 19.0. The largest absolute Gasteiger partial charge is 0.436 e. The second kappa shape index (κ2) is 5.48. The van der Waals surface area contributed by atoms with E-state index in [9.17, 15) is 4.39 Å². The molecule has 2 aromatic rings. The molecule has 0 radical (unpaired) electrons. The van der Waals surface area contributed by atoms with Crippen molar-refractivity contribution in [1.82, 2.24) is 4.98 Å². The molecular formula is C13H8ClFN2O. The van der Waals surface area contributed by atoms with E-state index in [1.807, 2.05) is 6.07 Å². The minimum atomic E-state index is -0.611. The lowest BCUT2D eigenvalue weighted by molar-refractivity contribution is 0.424. The minimum absolute atomic E-state index is 0.0130. The molecule has 1 aromatic carbocycles. The van der Waals surface area contributed by atoms with Gasteiger partial charge in [0.05, 0.1) is 17.5 Å². The number of alkyl halides is 1. The van der Waals surface area contributed by atoms with E-state index in [0.717, 1.165) is 6.07 Å². The molecule has 0 bridgehead atoms. The summed E-state index contributed by atoms with van der Waals surface area (Å²) in [5.41, 5.74) is 0.904. The smallest absolute Gasteiger partial charge is 0.223 e. The van der Waals surface area contributed by atoms with Crippen LogP contribution in [-0.2, 0) is 5.88 Å². The van der Waals surface area contributed by atoms with Crippen LogP contribution in [0.2, 0.25) is 0 Å². The summed E-state index contributed by atoms with van der Waals surface area (Å²) in [6.45, 7) is 0. The molecule has 0 saturated carbocycles. The van der Waals surface area contributed by atoms with Gasteiger partial charge in [-0.2, -0.15) is 5.26 Å². The Morgan fingerprint density at radius 3 is 2.89 bits per heavy atom. The first-order valence-corrected chi connectivity index (χ1v) is 5.65. The van der Waals surface area contributed by atoms with Gasteiger partial charge < -0.3 is 4.74 Å². The normalized spacial score (nSPS) is 9.83. The minimum Gasteiger partial charge on any atom is -0.436 e. The van der Waals surface area contributed by atoms with Crippen LogP contribution in [0.1, 0.15) is 11.1 Å². The fourth-order valence-corrected chi connectivity index (χ4v) is 1.58. The average molecular weight is 263 g/mol. The van der Waals surface area contributed by atoms with Crippen molar-refractivity contribution in [2.45, 2.75) is 5.88 Å². The van der Waals surface area contributed by atoms with E-state index in [1.54, 1.807) is 12.1 Å². The Hall–Kier alpha value is -2.12. The second-order valence-corrected chi connectivity index (χ2v) is 3.73. The highest BCUT2D eigenvalue weighted by Crippen LogP contribution is 2.26. The molecule has 0 aliphatic rings. The van der Waals surface area contributed by atoms with Crippen molar-refractivity contribution >= 4 is 11.6 Å². The third kappa shape index (κ3) is 2.58. The fourth-order valence-electron chi connectivity index (χ4n) is 1.38. The predicted molar refractivity (Wildman–Crippen MR) is 65.0 cm³/mol. The molecule has 0 aliphatic carbocycles. The first-order valence-electron chi connectivity index (χ1n) is 5.12. The third-order valence-corrected chi connectivity index (χ3v) is 2.55. The van der Waals surface area contributed by atoms with Gasteiger partial charge in [-0.15, -0.1) is 11.6 Å². The van der Waals surface area contributed by atoms with Gasteiger partial charge in [0.1, 0.15) is 0 Å². The molecule has 0 amide bonds. The van der Waals surface area contributed by atoms with Gasteiger partial charge in [0.2, 0.25) is 5.88 Å². The van der Waals surface area contributed by atoms with Crippen LogP contribution in [0.25, 0.3) is 0 Å². The molecule has 0 unspecified atom stereocenters. The lowest BCUT2D eigenvalue weighted by Crippen LogP contribution is -1.95. The van der Waals surface area contributed by atoms with E-state index in [0.29, 0.717) is 5.56 Å². The van der Waals surface area contributed by atoms with E-state index in [2.05, 4.69) is 4.98 Å².